The summed E-state index contributed by atoms with van der Waals surface area (Å²) in [6.07, 6.45) is 6.22. The first-order valence-electron chi connectivity index (χ1n) is 8.64. The van der Waals surface area contributed by atoms with Crippen LogP contribution in [0.5, 0.6) is 0 Å². The molecule has 140 valence electrons. The molecule has 2 aromatic heterocycles. The molecule has 1 aliphatic heterocycles. The van der Waals surface area contributed by atoms with Crippen LogP contribution in [0.25, 0.3) is 10.9 Å². The predicted octanol–water partition coefficient (Wildman–Crippen LogP) is 1.85. The van der Waals surface area contributed by atoms with Gasteiger partial charge in [0.25, 0.3) is 5.91 Å². The summed E-state index contributed by atoms with van der Waals surface area (Å²) in [7, 11) is -3.40. The van der Waals surface area contributed by atoms with Crippen LogP contribution in [0.3, 0.4) is 0 Å². The molecule has 0 unspecified atom stereocenters. The molecule has 1 aliphatic rings. The van der Waals surface area contributed by atoms with Gasteiger partial charge in [-0.15, -0.1) is 0 Å². The molecular formula is C19H20N4O3S. The Hall–Kier alpha value is -2.71. The number of aromatic amines is 1. The molecule has 0 saturated carbocycles. The number of carbonyl (C=O) groups excluding carboxylic acids is 1. The van der Waals surface area contributed by atoms with Crippen molar-refractivity contribution in [3.63, 3.8) is 0 Å². The van der Waals surface area contributed by atoms with Crippen LogP contribution in [-0.2, 0) is 16.6 Å². The van der Waals surface area contributed by atoms with Crippen LogP contribution >= 0.6 is 0 Å². The summed E-state index contributed by atoms with van der Waals surface area (Å²) < 4.78 is 25.9. The summed E-state index contributed by atoms with van der Waals surface area (Å²) in [5.74, 6) is -0.0847. The van der Waals surface area contributed by atoms with Gasteiger partial charge in [-0.3, -0.25) is 9.78 Å². The fourth-order valence-electron chi connectivity index (χ4n) is 3.41. The van der Waals surface area contributed by atoms with Crippen molar-refractivity contribution in [3.05, 3.63) is 66.1 Å². The Bertz CT molecular complexity index is 1070. The summed E-state index contributed by atoms with van der Waals surface area (Å²) >= 11 is 0. The molecule has 1 amide bonds. The molecule has 1 aromatic carbocycles. The van der Waals surface area contributed by atoms with E-state index in [1.807, 2.05) is 30.3 Å². The number of aromatic nitrogens is 2. The third-order valence-corrected chi connectivity index (χ3v) is 6.14. The number of likely N-dealkylation sites (tertiary alicyclic amines) is 1. The summed E-state index contributed by atoms with van der Waals surface area (Å²) in [6, 6.07) is 11.0. The van der Waals surface area contributed by atoms with E-state index >= 15 is 0 Å². The highest BCUT2D eigenvalue weighted by Gasteiger charge is 2.39. The van der Waals surface area contributed by atoms with Crippen molar-refractivity contribution in [1.29, 1.82) is 0 Å². The number of H-pyrrole nitrogens is 1. The molecule has 4 rings (SSSR count). The molecule has 7 nitrogen and oxygen atoms in total. The van der Waals surface area contributed by atoms with Gasteiger partial charge in [0.05, 0.1) is 17.9 Å². The summed E-state index contributed by atoms with van der Waals surface area (Å²) in [6.45, 7) is 1.02. The Morgan fingerprint density at radius 1 is 1.26 bits per heavy atom. The van der Waals surface area contributed by atoms with E-state index in [0.717, 1.165) is 16.5 Å². The third-order valence-electron chi connectivity index (χ3n) is 4.86. The Balaban J connectivity index is 1.49. The fraction of sp³-hybridized carbons (Fsp3) is 0.263. The van der Waals surface area contributed by atoms with E-state index in [0.29, 0.717) is 18.7 Å². The summed E-state index contributed by atoms with van der Waals surface area (Å²) in [4.78, 5) is 21.6. The maximum Gasteiger partial charge on any atom is 0.256 e. The average Bonchev–Trinajstić information content (AvgIpc) is 3.03. The predicted molar refractivity (Wildman–Crippen MR) is 103 cm³/mol. The first-order valence-corrected chi connectivity index (χ1v) is 10.5. The molecule has 0 aliphatic carbocycles. The molecule has 3 heterocycles. The second-order valence-electron chi connectivity index (χ2n) is 6.78. The van der Waals surface area contributed by atoms with E-state index in [1.165, 1.54) is 10.6 Å². The highest BCUT2D eigenvalue weighted by atomic mass is 32.2. The second-order valence-corrected chi connectivity index (χ2v) is 8.72. The quantitative estimate of drug-likeness (QED) is 0.727. The lowest BCUT2D eigenvalue weighted by molar-refractivity contribution is 0.0445. The zero-order chi connectivity index (χ0) is 19.0. The van der Waals surface area contributed by atoms with Crippen LogP contribution in [-0.4, -0.2) is 58.9 Å². The SMILES string of the molecule is CS(=O)(=O)N(Cc1cccnc1)C1CN(C(=O)c2c[nH]c3ccccc23)C1. The monoisotopic (exact) mass is 384 g/mol. The van der Waals surface area contributed by atoms with Crippen LogP contribution in [0.2, 0.25) is 0 Å². The minimum absolute atomic E-state index is 0.0847. The van der Waals surface area contributed by atoms with Gasteiger partial charge in [0, 0.05) is 49.1 Å². The molecule has 3 aromatic rings. The Kier molecular flexibility index (Phi) is 4.45. The number of hydrogen-bond acceptors (Lipinski definition) is 4. The maximum atomic E-state index is 12.8. The number of rotatable bonds is 5. The fourth-order valence-corrected chi connectivity index (χ4v) is 4.47. The number of pyridine rings is 1. The van der Waals surface area contributed by atoms with Gasteiger partial charge in [0.15, 0.2) is 0 Å². The van der Waals surface area contributed by atoms with Gasteiger partial charge in [-0.05, 0) is 17.7 Å². The van der Waals surface area contributed by atoms with Gasteiger partial charge >= 0.3 is 0 Å². The number of amides is 1. The lowest BCUT2D eigenvalue weighted by Gasteiger charge is -2.44. The standard InChI is InChI=1S/C19H20N4O3S/c1-27(25,26)23(11-14-5-4-8-20-9-14)15-12-22(13-15)19(24)17-10-21-18-7-3-2-6-16(17)18/h2-10,15,21H,11-13H2,1H3. The molecule has 8 heteroatoms. The largest absolute Gasteiger partial charge is 0.360 e. The minimum atomic E-state index is -3.40. The minimum Gasteiger partial charge on any atom is -0.360 e. The number of fused-ring (bicyclic) bond motifs is 1. The highest BCUT2D eigenvalue weighted by molar-refractivity contribution is 7.88. The van der Waals surface area contributed by atoms with Gasteiger partial charge in [0.1, 0.15) is 0 Å². The molecular weight excluding hydrogens is 364 g/mol. The van der Waals surface area contributed by atoms with Gasteiger partial charge in [-0.25, -0.2) is 8.42 Å². The van der Waals surface area contributed by atoms with Crippen molar-refractivity contribution in [2.75, 3.05) is 19.3 Å². The molecule has 0 spiro atoms. The van der Waals surface area contributed by atoms with Crippen molar-refractivity contribution in [1.82, 2.24) is 19.2 Å². The molecule has 27 heavy (non-hydrogen) atoms. The first-order chi connectivity index (χ1) is 12.9. The van der Waals surface area contributed by atoms with E-state index in [1.54, 1.807) is 29.6 Å². The van der Waals surface area contributed by atoms with Gasteiger partial charge in [-0.1, -0.05) is 24.3 Å². The van der Waals surface area contributed by atoms with Crippen molar-refractivity contribution >= 4 is 26.8 Å². The Morgan fingerprint density at radius 2 is 2.04 bits per heavy atom. The highest BCUT2D eigenvalue weighted by Crippen LogP contribution is 2.25. The number of benzene rings is 1. The zero-order valence-corrected chi connectivity index (χ0v) is 15.7. The van der Waals surface area contributed by atoms with Crippen molar-refractivity contribution in [3.8, 4) is 0 Å². The van der Waals surface area contributed by atoms with Crippen LogP contribution in [0.15, 0.2) is 55.0 Å². The normalized spacial score (nSPS) is 15.3. The smallest absolute Gasteiger partial charge is 0.256 e. The molecule has 0 atom stereocenters. The van der Waals surface area contributed by atoms with E-state index in [-0.39, 0.29) is 18.5 Å². The van der Waals surface area contributed by atoms with E-state index < -0.39 is 10.0 Å². The van der Waals surface area contributed by atoms with Crippen molar-refractivity contribution in [2.24, 2.45) is 0 Å². The molecule has 0 bridgehead atoms. The van der Waals surface area contributed by atoms with Crippen LogP contribution in [0.4, 0.5) is 0 Å². The lowest BCUT2D eigenvalue weighted by Crippen LogP contribution is -2.61. The third kappa shape index (κ3) is 3.45. The summed E-state index contributed by atoms with van der Waals surface area (Å²) in [5, 5.41) is 0.876. The van der Waals surface area contributed by atoms with E-state index in [2.05, 4.69) is 9.97 Å². The number of nitrogens with zero attached hydrogens (tertiary/aromatic N) is 3. The van der Waals surface area contributed by atoms with E-state index in [9.17, 15) is 13.2 Å². The Morgan fingerprint density at radius 3 is 2.74 bits per heavy atom. The number of carbonyl (C=O) groups is 1. The molecule has 0 radical (unpaired) electrons. The first kappa shape index (κ1) is 17.7. The number of para-hydroxylation sites is 1. The Labute approximate surface area is 157 Å². The van der Waals surface area contributed by atoms with Crippen LogP contribution < -0.4 is 0 Å². The van der Waals surface area contributed by atoms with Gasteiger partial charge < -0.3 is 9.88 Å². The van der Waals surface area contributed by atoms with Crippen LogP contribution in [0.1, 0.15) is 15.9 Å². The van der Waals surface area contributed by atoms with Gasteiger partial charge in [0.2, 0.25) is 10.0 Å². The number of hydrogen-bond donors (Lipinski definition) is 1. The van der Waals surface area contributed by atoms with Crippen molar-refractivity contribution < 1.29 is 13.2 Å². The topological polar surface area (TPSA) is 86.4 Å². The second kappa shape index (κ2) is 6.79. The molecule has 1 N–H and O–H groups in total. The van der Waals surface area contributed by atoms with Crippen LogP contribution in [0, 0.1) is 0 Å². The summed E-state index contributed by atoms with van der Waals surface area (Å²) in [5.41, 5.74) is 2.35. The average molecular weight is 384 g/mol. The number of nitrogens with one attached hydrogen (secondary N) is 1. The molecule has 1 fully saturated rings. The maximum absolute atomic E-state index is 12.8. The lowest BCUT2D eigenvalue weighted by atomic mass is 10.1. The van der Waals surface area contributed by atoms with Gasteiger partial charge in [-0.2, -0.15) is 4.31 Å². The number of sulfonamides is 1. The zero-order valence-electron chi connectivity index (χ0n) is 14.9. The van der Waals surface area contributed by atoms with E-state index in [4.69, 9.17) is 0 Å². The molecule has 1 saturated heterocycles. The van der Waals surface area contributed by atoms with Crippen molar-refractivity contribution in [2.45, 2.75) is 12.6 Å².